The van der Waals surface area contributed by atoms with Crippen LogP contribution in [0.25, 0.3) is 0 Å². The first-order valence-electron chi connectivity index (χ1n) is 14.4. The van der Waals surface area contributed by atoms with Crippen molar-refractivity contribution in [3.8, 4) is 0 Å². The Balaban J connectivity index is 3.97. The summed E-state index contributed by atoms with van der Waals surface area (Å²) in [7, 11) is 0. The van der Waals surface area contributed by atoms with Gasteiger partial charge in [0.05, 0.1) is 13.2 Å². The van der Waals surface area contributed by atoms with Gasteiger partial charge in [0, 0.05) is 0 Å². The molecule has 0 heterocycles. The topological polar surface area (TPSA) is 35.5 Å². The molecule has 0 saturated carbocycles. The minimum Gasteiger partial charge on any atom is -0.268 e. The first-order chi connectivity index (χ1) is 15.7. The molecule has 0 aromatic carbocycles. The Labute approximate surface area is 205 Å². The number of hydrogen-bond acceptors (Lipinski definition) is 3. The third kappa shape index (κ3) is 21.9. The minimum absolute atomic E-state index is 0.516. The third-order valence-corrected chi connectivity index (χ3v) is 7.28. The molecule has 194 valence electrons. The molecular formula is C28H58O3S. The second-order valence-corrected chi connectivity index (χ2v) is 10.8. The number of unbranched alkanes of at least 4 members (excludes halogenated alkanes) is 12. The van der Waals surface area contributed by atoms with Crippen LogP contribution in [0.15, 0.2) is 0 Å². The fraction of sp³-hybridized carbons (Fsp3) is 1.00. The highest BCUT2D eigenvalue weighted by Crippen LogP contribution is 2.20. The Hall–Kier alpha value is 0.0700. The molecule has 0 aliphatic carbocycles. The average Bonchev–Trinajstić information content (AvgIpc) is 2.79. The molecule has 0 aliphatic heterocycles. The zero-order chi connectivity index (χ0) is 23.7. The Bertz CT molecular complexity index is 355. The summed E-state index contributed by atoms with van der Waals surface area (Å²) in [4.78, 5) is 0. The van der Waals surface area contributed by atoms with Crippen LogP contribution in [0.5, 0.6) is 0 Å². The maximum Gasteiger partial charge on any atom is 0.304 e. The first-order valence-corrected chi connectivity index (χ1v) is 15.4. The molecule has 32 heavy (non-hydrogen) atoms. The van der Waals surface area contributed by atoms with Crippen molar-refractivity contribution in [3.05, 3.63) is 0 Å². The van der Waals surface area contributed by atoms with Gasteiger partial charge < -0.3 is 0 Å². The van der Waals surface area contributed by atoms with E-state index in [1.54, 1.807) is 0 Å². The highest BCUT2D eigenvalue weighted by atomic mass is 32.2. The van der Waals surface area contributed by atoms with Crippen molar-refractivity contribution in [1.82, 2.24) is 0 Å². The van der Waals surface area contributed by atoms with Crippen molar-refractivity contribution in [1.29, 1.82) is 0 Å². The monoisotopic (exact) mass is 474 g/mol. The fourth-order valence-electron chi connectivity index (χ4n) is 4.56. The van der Waals surface area contributed by atoms with Crippen LogP contribution in [0.1, 0.15) is 156 Å². The normalized spacial score (nSPS) is 14.5. The Morgan fingerprint density at radius 1 is 0.469 bits per heavy atom. The van der Waals surface area contributed by atoms with Gasteiger partial charge in [0.15, 0.2) is 0 Å². The van der Waals surface area contributed by atoms with Gasteiger partial charge in [-0.05, 0) is 37.5 Å². The molecular weight excluding hydrogens is 416 g/mol. The van der Waals surface area contributed by atoms with Crippen molar-refractivity contribution in [2.24, 2.45) is 11.8 Å². The lowest BCUT2D eigenvalue weighted by atomic mass is 9.97. The van der Waals surface area contributed by atoms with Gasteiger partial charge in [0.25, 0.3) is 0 Å². The van der Waals surface area contributed by atoms with Crippen LogP contribution in [-0.4, -0.2) is 17.4 Å². The minimum atomic E-state index is -1.59. The van der Waals surface area contributed by atoms with E-state index in [4.69, 9.17) is 8.37 Å². The first kappa shape index (κ1) is 32.1. The molecule has 3 nitrogen and oxygen atoms in total. The van der Waals surface area contributed by atoms with E-state index in [9.17, 15) is 4.21 Å². The Morgan fingerprint density at radius 2 is 0.812 bits per heavy atom. The number of hydrogen-bond donors (Lipinski definition) is 0. The highest BCUT2D eigenvalue weighted by Gasteiger charge is 2.14. The van der Waals surface area contributed by atoms with E-state index in [0.29, 0.717) is 25.0 Å². The molecule has 0 aliphatic rings. The van der Waals surface area contributed by atoms with Gasteiger partial charge in [-0.1, -0.05) is 130 Å². The summed E-state index contributed by atoms with van der Waals surface area (Å²) in [6.07, 6.45) is 25.8. The molecule has 0 bridgehead atoms. The number of rotatable bonds is 26. The van der Waals surface area contributed by atoms with Gasteiger partial charge in [0.1, 0.15) is 0 Å². The van der Waals surface area contributed by atoms with Crippen LogP contribution in [-0.2, 0) is 19.7 Å². The van der Waals surface area contributed by atoms with E-state index in [-0.39, 0.29) is 0 Å². The van der Waals surface area contributed by atoms with E-state index in [2.05, 4.69) is 27.7 Å². The van der Waals surface area contributed by atoms with Crippen molar-refractivity contribution >= 4 is 11.4 Å². The SMILES string of the molecule is CCCCCCCCCC(CCC)COS(=O)OCC(CCC)CCCCCCCCC. The molecule has 0 amide bonds. The van der Waals surface area contributed by atoms with Crippen LogP contribution < -0.4 is 0 Å². The second kappa shape index (κ2) is 25.7. The van der Waals surface area contributed by atoms with Crippen LogP contribution in [0, 0.1) is 11.8 Å². The molecule has 2 unspecified atom stereocenters. The van der Waals surface area contributed by atoms with Crippen molar-refractivity contribution in [2.45, 2.75) is 156 Å². The molecule has 2 atom stereocenters. The zero-order valence-corrected chi connectivity index (χ0v) is 23.2. The average molecular weight is 475 g/mol. The van der Waals surface area contributed by atoms with E-state index in [1.807, 2.05) is 0 Å². The molecule has 0 aromatic rings. The van der Waals surface area contributed by atoms with Crippen LogP contribution in [0.4, 0.5) is 0 Å². The van der Waals surface area contributed by atoms with Gasteiger partial charge in [0.2, 0.25) is 0 Å². The summed E-state index contributed by atoms with van der Waals surface area (Å²) in [5.41, 5.74) is 0. The lowest BCUT2D eigenvalue weighted by Crippen LogP contribution is -2.16. The predicted octanol–water partition coefficient (Wildman–Crippen LogP) is 9.71. The van der Waals surface area contributed by atoms with Crippen LogP contribution in [0.2, 0.25) is 0 Å². The summed E-state index contributed by atoms with van der Waals surface area (Å²) in [6.45, 7) is 10.1. The summed E-state index contributed by atoms with van der Waals surface area (Å²) >= 11 is -1.59. The molecule has 0 saturated heterocycles. The van der Waals surface area contributed by atoms with Gasteiger partial charge in [-0.15, -0.1) is 0 Å². The fourth-order valence-corrected chi connectivity index (χ4v) is 5.23. The van der Waals surface area contributed by atoms with E-state index in [0.717, 1.165) is 25.7 Å². The van der Waals surface area contributed by atoms with E-state index < -0.39 is 11.4 Å². The smallest absolute Gasteiger partial charge is 0.268 e. The molecule has 4 heteroatoms. The predicted molar refractivity (Wildman–Crippen MR) is 142 cm³/mol. The largest absolute Gasteiger partial charge is 0.304 e. The van der Waals surface area contributed by atoms with Gasteiger partial charge in [-0.2, -0.15) is 4.21 Å². The summed E-state index contributed by atoms with van der Waals surface area (Å²) in [5.74, 6) is 1.03. The molecule has 0 spiro atoms. The Kier molecular flexibility index (Phi) is 25.7. The standard InChI is InChI=1S/C28H58O3S/c1-5-9-11-13-15-17-19-23-27(21-7-3)25-30-32(29)31-26-28(22-8-4)24-20-18-16-14-12-10-6-2/h27-28H,5-26H2,1-4H3. The van der Waals surface area contributed by atoms with Gasteiger partial charge in [-0.25, -0.2) is 0 Å². The molecule has 0 fully saturated rings. The van der Waals surface area contributed by atoms with Crippen molar-refractivity contribution in [2.75, 3.05) is 13.2 Å². The summed E-state index contributed by atoms with van der Waals surface area (Å²) < 4.78 is 23.5. The van der Waals surface area contributed by atoms with Crippen molar-refractivity contribution < 1.29 is 12.6 Å². The molecule has 0 N–H and O–H groups in total. The summed E-state index contributed by atoms with van der Waals surface area (Å²) in [5, 5.41) is 0. The van der Waals surface area contributed by atoms with Gasteiger partial charge >= 0.3 is 11.4 Å². The Morgan fingerprint density at radius 3 is 1.16 bits per heavy atom. The molecule has 0 aromatic heterocycles. The maximum atomic E-state index is 12.3. The maximum absolute atomic E-state index is 12.3. The third-order valence-electron chi connectivity index (χ3n) is 6.63. The highest BCUT2D eigenvalue weighted by molar-refractivity contribution is 7.75. The van der Waals surface area contributed by atoms with E-state index in [1.165, 1.54) is 103 Å². The van der Waals surface area contributed by atoms with Gasteiger partial charge in [-0.3, -0.25) is 8.37 Å². The van der Waals surface area contributed by atoms with E-state index >= 15 is 0 Å². The molecule has 0 radical (unpaired) electrons. The van der Waals surface area contributed by atoms with Crippen molar-refractivity contribution in [3.63, 3.8) is 0 Å². The zero-order valence-electron chi connectivity index (χ0n) is 22.3. The molecule has 0 rings (SSSR count). The van der Waals surface area contributed by atoms with Crippen LogP contribution >= 0.6 is 0 Å². The van der Waals surface area contributed by atoms with Crippen LogP contribution in [0.3, 0.4) is 0 Å². The quantitative estimate of drug-likeness (QED) is 0.117. The summed E-state index contributed by atoms with van der Waals surface area (Å²) in [6, 6.07) is 0. The second-order valence-electron chi connectivity index (χ2n) is 9.90. The lowest BCUT2D eigenvalue weighted by Gasteiger charge is -2.17. The lowest BCUT2D eigenvalue weighted by molar-refractivity contribution is 0.179.